The molecule has 0 aromatic carbocycles. The number of thiophene rings is 1. The number of hydrogen-bond acceptors (Lipinski definition) is 4. The van der Waals surface area contributed by atoms with Crippen molar-refractivity contribution in [3.63, 3.8) is 0 Å². The first-order valence-corrected chi connectivity index (χ1v) is 10.6. The van der Waals surface area contributed by atoms with Gasteiger partial charge in [0.1, 0.15) is 31.2 Å². The van der Waals surface area contributed by atoms with Gasteiger partial charge in [-0.2, -0.15) is 0 Å². The van der Waals surface area contributed by atoms with Gasteiger partial charge < -0.3 is 19.9 Å². The van der Waals surface area contributed by atoms with E-state index in [0.717, 1.165) is 51.0 Å². The van der Waals surface area contributed by atoms with Gasteiger partial charge in [-0.15, -0.1) is 11.3 Å². The summed E-state index contributed by atoms with van der Waals surface area (Å²) in [5.74, 6) is 0.319. The topological polar surface area (TPSA) is 64.3 Å². The molecule has 1 aliphatic heterocycles. The van der Waals surface area contributed by atoms with Crippen molar-refractivity contribution in [1.29, 1.82) is 0 Å². The third kappa shape index (κ3) is 4.45. The highest BCUT2D eigenvalue weighted by atomic mass is 32.1. The number of hydrogen-bond donors (Lipinski definition) is 3. The zero-order valence-electron chi connectivity index (χ0n) is 16.1. The molecule has 1 aliphatic carbocycles. The number of piperazine rings is 1. The Labute approximate surface area is 159 Å². The van der Waals surface area contributed by atoms with E-state index in [1.807, 2.05) is 6.92 Å². The lowest BCUT2D eigenvalue weighted by Crippen LogP contribution is -3.27. The van der Waals surface area contributed by atoms with Crippen LogP contribution in [0, 0.1) is 5.92 Å². The molecule has 1 aromatic rings. The molecule has 0 unspecified atom stereocenters. The predicted molar refractivity (Wildman–Crippen MR) is 102 cm³/mol. The van der Waals surface area contributed by atoms with E-state index in [1.165, 1.54) is 14.7 Å². The molecule has 0 bridgehead atoms. The maximum atomic E-state index is 12.6. The maximum absolute atomic E-state index is 12.6. The highest BCUT2D eigenvalue weighted by Gasteiger charge is 2.30. The van der Waals surface area contributed by atoms with Crippen LogP contribution in [0.25, 0.3) is 0 Å². The Morgan fingerprint density at radius 3 is 2.69 bits per heavy atom. The first-order valence-electron chi connectivity index (χ1n) is 9.74. The summed E-state index contributed by atoms with van der Waals surface area (Å²) in [6, 6.07) is 0. The van der Waals surface area contributed by atoms with Gasteiger partial charge >= 0.3 is 5.97 Å². The molecule has 1 saturated heterocycles. The van der Waals surface area contributed by atoms with Crippen molar-refractivity contribution in [2.45, 2.75) is 33.1 Å². The van der Waals surface area contributed by atoms with Crippen molar-refractivity contribution >= 4 is 28.2 Å². The number of likely N-dealkylation sites (N-methyl/N-ethyl adjacent to an activating group) is 1. The fourth-order valence-corrected chi connectivity index (χ4v) is 5.28. The van der Waals surface area contributed by atoms with Gasteiger partial charge in [-0.3, -0.25) is 4.79 Å². The normalized spacial score (nSPS) is 25.4. The van der Waals surface area contributed by atoms with Gasteiger partial charge in [-0.05, 0) is 37.7 Å². The number of esters is 1. The van der Waals surface area contributed by atoms with Crippen molar-refractivity contribution in [1.82, 2.24) is 0 Å². The Morgan fingerprint density at radius 1 is 1.27 bits per heavy atom. The van der Waals surface area contributed by atoms with Gasteiger partial charge in [0.25, 0.3) is 5.91 Å². The number of carbonyl (C=O) groups is 2. The molecule has 1 atom stereocenters. The van der Waals surface area contributed by atoms with Crippen LogP contribution in [0.15, 0.2) is 0 Å². The van der Waals surface area contributed by atoms with E-state index in [4.69, 9.17) is 4.74 Å². The fraction of sp³-hybridized carbons (Fsp3) is 0.684. The second kappa shape index (κ2) is 8.50. The summed E-state index contributed by atoms with van der Waals surface area (Å²) in [4.78, 5) is 29.2. The molecular formula is C19H31N3O3S+2. The standard InChI is InChI=1S/C19H29N3O3S/c1-4-25-19(24)17-14-6-5-13(2)11-15(14)26-18(17)20-16(23)12-22-9-7-21(3)8-10-22/h13H,4-12H2,1-3H3,(H,20,23)/p+2/t13-/m0/s1. The van der Waals surface area contributed by atoms with Crippen molar-refractivity contribution < 1.29 is 24.1 Å². The van der Waals surface area contributed by atoms with E-state index in [-0.39, 0.29) is 11.9 Å². The molecule has 0 saturated carbocycles. The Bertz CT molecular complexity index is 665. The Morgan fingerprint density at radius 2 is 2.00 bits per heavy atom. The van der Waals surface area contributed by atoms with Crippen LogP contribution in [0.4, 0.5) is 5.00 Å². The molecular weight excluding hydrogens is 350 g/mol. The first-order chi connectivity index (χ1) is 12.5. The summed E-state index contributed by atoms with van der Waals surface area (Å²) in [6.07, 6.45) is 2.95. The predicted octanol–water partition coefficient (Wildman–Crippen LogP) is -0.599. The number of nitrogens with one attached hydrogen (secondary N) is 3. The van der Waals surface area contributed by atoms with Crippen LogP contribution in [0.3, 0.4) is 0 Å². The third-order valence-corrected chi connectivity index (χ3v) is 6.64. The highest BCUT2D eigenvalue weighted by Crippen LogP contribution is 2.40. The largest absolute Gasteiger partial charge is 0.462 e. The second-order valence-electron chi connectivity index (χ2n) is 7.71. The minimum absolute atomic E-state index is 0.00301. The van der Waals surface area contributed by atoms with Crippen LogP contribution in [-0.2, 0) is 22.4 Å². The lowest BCUT2D eigenvalue weighted by atomic mass is 9.88. The Balaban J connectivity index is 1.73. The van der Waals surface area contributed by atoms with Gasteiger partial charge in [0.15, 0.2) is 6.54 Å². The van der Waals surface area contributed by atoms with E-state index in [2.05, 4.69) is 19.3 Å². The average Bonchev–Trinajstić information content (AvgIpc) is 2.93. The molecule has 1 amide bonds. The maximum Gasteiger partial charge on any atom is 0.341 e. The van der Waals surface area contributed by atoms with Gasteiger partial charge in [0.2, 0.25) is 0 Å². The SMILES string of the molecule is CCOC(=O)c1c(NC(=O)C[NH+]2CC[NH+](C)CC2)sc2c1CC[C@H](C)C2. The fourth-order valence-electron chi connectivity index (χ4n) is 3.86. The molecule has 1 fully saturated rings. The molecule has 2 aliphatic rings. The monoisotopic (exact) mass is 381 g/mol. The first kappa shape index (κ1) is 19.3. The quantitative estimate of drug-likeness (QED) is 0.597. The highest BCUT2D eigenvalue weighted by molar-refractivity contribution is 7.17. The van der Waals surface area contributed by atoms with Gasteiger partial charge in [-0.1, -0.05) is 6.92 Å². The van der Waals surface area contributed by atoms with Gasteiger partial charge in [0, 0.05) is 4.88 Å². The van der Waals surface area contributed by atoms with Crippen LogP contribution >= 0.6 is 11.3 Å². The van der Waals surface area contributed by atoms with Crippen molar-refractivity contribution in [2.75, 3.05) is 51.7 Å². The summed E-state index contributed by atoms with van der Waals surface area (Å²) in [5, 5.41) is 3.72. The number of ether oxygens (including phenoxy) is 1. The molecule has 3 rings (SSSR count). The second-order valence-corrected chi connectivity index (χ2v) is 8.81. The van der Waals surface area contributed by atoms with E-state index in [1.54, 1.807) is 11.3 Å². The summed E-state index contributed by atoms with van der Waals surface area (Å²) in [5.41, 5.74) is 1.70. The lowest BCUT2D eigenvalue weighted by Gasteiger charge is -2.26. The summed E-state index contributed by atoms with van der Waals surface area (Å²) >= 11 is 1.56. The minimum Gasteiger partial charge on any atom is -0.462 e. The summed E-state index contributed by atoms with van der Waals surface area (Å²) in [7, 11) is 2.19. The number of anilines is 1. The van der Waals surface area contributed by atoms with E-state index >= 15 is 0 Å². The van der Waals surface area contributed by atoms with Crippen LogP contribution in [0.1, 0.15) is 41.1 Å². The minimum atomic E-state index is -0.301. The zero-order chi connectivity index (χ0) is 18.7. The molecule has 1 aromatic heterocycles. The molecule has 2 heterocycles. The third-order valence-electron chi connectivity index (χ3n) is 5.47. The van der Waals surface area contributed by atoms with Crippen molar-refractivity contribution in [2.24, 2.45) is 5.92 Å². The van der Waals surface area contributed by atoms with E-state index < -0.39 is 0 Å². The number of carbonyl (C=O) groups excluding carboxylic acids is 2. The average molecular weight is 382 g/mol. The van der Waals surface area contributed by atoms with E-state index in [0.29, 0.717) is 29.6 Å². The number of amides is 1. The summed E-state index contributed by atoms with van der Waals surface area (Å²) in [6.45, 7) is 9.10. The van der Waals surface area contributed by atoms with Gasteiger partial charge in [0.05, 0.1) is 19.2 Å². The van der Waals surface area contributed by atoms with E-state index in [9.17, 15) is 9.59 Å². The van der Waals surface area contributed by atoms with Crippen LogP contribution in [0.5, 0.6) is 0 Å². The van der Waals surface area contributed by atoms with Gasteiger partial charge in [-0.25, -0.2) is 4.79 Å². The molecule has 7 heteroatoms. The summed E-state index contributed by atoms with van der Waals surface area (Å²) < 4.78 is 5.27. The Hall–Kier alpha value is -1.44. The molecule has 3 N–H and O–H groups in total. The zero-order valence-corrected chi connectivity index (χ0v) is 16.9. The molecule has 6 nitrogen and oxygen atoms in total. The molecule has 0 radical (unpaired) electrons. The van der Waals surface area contributed by atoms with Crippen LogP contribution in [0.2, 0.25) is 0 Å². The lowest BCUT2D eigenvalue weighted by molar-refractivity contribution is -0.999. The molecule has 26 heavy (non-hydrogen) atoms. The smallest absolute Gasteiger partial charge is 0.341 e. The van der Waals surface area contributed by atoms with Crippen LogP contribution < -0.4 is 15.1 Å². The Kier molecular flexibility index (Phi) is 6.32. The number of rotatable bonds is 5. The van der Waals surface area contributed by atoms with Crippen molar-refractivity contribution in [3.05, 3.63) is 16.0 Å². The van der Waals surface area contributed by atoms with Crippen molar-refractivity contribution in [3.8, 4) is 0 Å². The number of quaternary nitrogens is 2. The number of fused-ring (bicyclic) bond motifs is 1. The molecule has 144 valence electrons. The van der Waals surface area contributed by atoms with Crippen LogP contribution in [-0.4, -0.2) is 58.3 Å². The molecule has 0 spiro atoms.